The van der Waals surface area contributed by atoms with Crippen molar-refractivity contribution in [1.29, 1.82) is 0 Å². The Hall–Kier alpha value is -3.73. The molecule has 0 aliphatic carbocycles. The summed E-state index contributed by atoms with van der Waals surface area (Å²) in [6, 6.07) is 17.3. The van der Waals surface area contributed by atoms with Crippen molar-refractivity contribution in [3.05, 3.63) is 77.4 Å². The van der Waals surface area contributed by atoms with Crippen LogP contribution in [0.3, 0.4) is 0 Å². The van der Waals surface area contributed by atoms with Crippen LogP contribution in [-0.4, -0.2) is 19.9 Å². The highest BCUT2D eigenvalue weighted by Crippen LogP contribution is 2.34. The van der Waals surface area contributed by atoms with Gasteiger partial charge in [-0.05, 0) is 58.8 Å². The summed E-state index contributed by atoms with van der Waals surface area (Å²) in [6.07, 6.45) is 3.54. The van der Waals surface area contributed by atoms with Crippen molar-refractivity contribution < 1.29 is 23.7 Å². The summed E-state index contributed by atoms with van der Waals surface area (Å²) in [5.74, 6) is 2.35. The zero-order valence-corrected chi connectivity index (χ0v) is 15.1. The van der Waals surface area contributed by atoms with E-state index in [0.717, 1.165) is 27.6 Å². The van der Waals surface area contributed by atoms with Gasteiger partial charge in [-0.15, -0.1) is 0 Å². The molecule has 3 aromatic carbocycles. The third-order valence-corrected chi connectivity index (χ3v) is 4.78. The van der Waals surface area contributed by atoms with Gasteiger partial charge in [0.05, 0.1) is 12.7 Å². The number of benzene rings is 3. The Labute approximate surface area is 161 Å². The van der Waals surface area contributed by atoms with Crippen LogP contribution in [0.4, 0.5) is 0 Å². The van der Waals surface area contributed by atoms with E-state index in [-0.39, 0.29) is 12.8 Å². The quantitative estimate of drug-likeness (QED) is 0.498. The fourth-order valence-electron chi connectivity index (χ4n) is 3.32. The van der Waals surface area contributed by atoms with Crippen molar-refractivity contribution in [2.75, 3.05) is 13.9 Å². The number of ether oxygens (including phenoxy) is 4. The van der Waals surface area contributed by atoms with Crippen LogP contribution in [0, 0.1) is 0 Å². The molecule has 0 radical (unpaired) electrons. The molecule has 0 fully saturated rings. The number of carbonyl (C=O) groups is 1. The number of cyclic esters (lactones) is 1. The van der Waals surface area contributed by atoms with Crippen LogP contribution < -0.4 is 14.2 Å². The molecule has 0 bridgehead atoms. The van der Waals surface area contributed by atoms with Crippen molar-refractivity contribution in [2.45, 2.75) is 0 Å². The predicted octanol–water partition coefficient (Wildman–Crippen LogP) is 4.56. The van der Waals surface area contributed by atoms with Gasteiger partial charge in [-0.1, -0.05) is 24.3 Å². The molecule has 0 N–H and O–H groups in total. The van der Waals surface area contributed by atoms with Crippen molar-refractivity contribution >= 4 is 28.6 Å². The smallest absolute Gasteiger partial charge is 0.343 e. The molecule has 5 nitrogen and oxygen atoms in total. The topological polar surface area (TPSA) is 54.0 Å². The Morgan fingerprint density at radius 1 is 0.929 bits per heavy atom. The number of carbonyl (C=O) groups excluding carboxylic acids is 1. The SMILES string of the molecule is COc1ccc2cc(C3=C/C(=C/c4ccc5c(c4)OCO5)C(=O)O3)ccc2c1. The van der Waals surface area contributed by atoms with E-state index in [1.54, 1.807) is 19.3 Å². The molecule has 28 heavy (non-hydrogen) atoms. The second-order valence-electron chi connectivity index (χ2n) is 6.54. The standard InChI is InChI=1S/C23H16O5/c1-25-19-6-5-15-10-17(4-3-16(15)11-19)21-12-18(23(24)28-21)8-14-2-7-20-22(9-14)27-13-26-20/h2-12H,13H2,1H3/b18-8-. The lowest BCUT2D eigenvalue weighted by Gasteiger charge is -2.06. The van der Waals surface area contributed by atoms with Gasteiger partial charge >= 0.3 is 5.97 Å². The summed E-state index contributed by atoms with van der Waals surface area (Å²) in [4.78, 5) is 12.3. The van der Waals surface area contributed by atoms with Crippen molar-refractivity contribution in [3.63, 3.8) is 0 Å². The fraction of sp³-hybridized carbons (Fsp3) is 0.0870. The first kappa shape index (κ1) is 16.4. The third-order valence-electron chi connectivity index (χ3n) is 4.78. The van der Waals surface area contributed by atoms with Gasteiger partial charge in [0.25, 0.3) is 0 Å². The molecule has 0 unspecified atom stereocenters. The van der Waals surface area contributed by atoms with E-state index in [2.05, 4.69) is 0 Å². The Morgan fingerprint density at radius 3 is 2.64 bits per heavy atom. The zero-order chi connectivity index (χ0) is 19.1. The number of esters is 1. The predicted molar refractivity (Wildman–Crippen MR) is 105 cm³/mol. The summed E-state index contributed by atoms with van der Waals surface area (Å²) >= 11 is 0. The van der Waals surface area contributed by atoms with Gasteiger partial charge < -0.3 is 18.9 Å². The number of hydrogen-bond donors (Lipinski definition) is 0. The van der Waals surface area contributed by atoms with Crippen molar-refractivity contribution in [1.82, 2.24) is 0 Å². The largest absolute Gasteiger partial charge is 0.497 e. The van der Waals surface area contributed by atoms with Crippen LogP contribution in [-0.2, 0) is 9.53 Å². The molecule has 5 rings (SSSR count). The molecule has 2 heterocycles. The molecule has 138 valence electrons. The Bertz CT molecular complexity index is 1170. The fourth-order valence-corrected chi connectivity index (χ4v) is 3.32. The Balaban J connectivity index is 1.48. The second kappa shape index (κ2) is 6.46. The highest BCUT2D eigenvalue weighted by molar-refractivity contribution is 6.05. The molecular formula is C23H16O5. The van der Waals surface area contributed by atoms with Gasteiger partial charge in [0.1, 0.15) is 11.5 Å². The molecule has 2 aliphatic rings. The number of hydrogen-bond acceptors (Lipinski definition) is 5. The van der Waals surface area contributed by atoms with Crippen LogP contribution in [0.1, 0.15) is 11.1 Å². The van der Waals surface area contributed by atoms with Gasteiger partial charge in [0.2, 0.25) is 6.79 Å². The average Bonchev–Trinajstić information content (AvgIpc) is 3.33. The average molecular weight is 372 g/mol. The lowest BCUT2D eigenvalue weighted by atomic mass is 10.0. The van der Waals surface area contributed by atoms with Gasteiger partial charge in [0.15, 0.2) is 11.5 Å². The van der Waals surface area contributed by atoms with Gasteiger partial charge in [-0.2, -0.15) is 0 Å². The summed E-state index contributed by atoms with van der Waals surface area (Å²) in [5, 5.41) is 2.10. The van der Waals surface area contributed by atoms with Gasteiger partial charge in [-0.25, -0.2) is 4.79 Å². The molecule has 0 aromatic heterocycles. The first-order chi connectivity index (χ1) is 13.7. The third kappa shape index (κ3) is 2.87. The number of methoxy groups -OCH3 is 1. The summed E-state index contributed by atoms with van der Waals surface area (Å²) < 4.78 is 21.5. The molecule has 0 saturated heterocycles. The molecule has 0 spiro atoms. The number of fused-ring (bicyclic) bond motifs is 2. The molecule has 0 atom stereocenters. The van der Waals surface area contributed by atoms with E-state index < -0.39 is 0 Å². The van der Waals surface area contributed by atoms with E-state index in [4.69, 9.17) is 18.9 Å². The van der Waals surface area contributed by atoms with Crippen molar-refractivity contribution in [2.24, 2.45) is 0 Å². The molecule has 0 amide bonds. The summed E-state index contributed by atoms with van der Waals surface area (Å²) in [7, 11) is 1.65. The maximum atomic E-state index is 12.3. The summed E-state index contributed by atoms with van der Waals surface area (Å²) in [6.45, 7) is 0.218. The Morgan fingerprint density at radius 2 is 1.75 bits per heavy atom. The van der Waals surface area contributed by atoms with E-state index >= 15 is 0 Å². The molecule has 3 aromatic rings. The maximum absolute atomic E-state index is 12.3. The minimum atomic E-state index is -0.373. The monoisotopic (exact) mass is 372 g/mol. The number of rotatable bonds is 3. The van der Waals surface area contributed by atoms with E-state index in [9.17, 15) is 4.79 Å². The highest BCUT2D eigenvalue weighted by Gasteiger charge is 2.22. The van der Waals surface area contributed by atoms with E-state index in [1.807, 2.05) is 54.6 Å². The second-order valence-corrected chi connectivity index (χ2v) is 6.54. The first-order valence-corrected chi connectivity index (χ1v) is 8.83. The van der Waals surface area contributed by atoms with E-state index in [0.29, 0.717) is 22.8 Å². The van der Waals surface area contributed by atoms with E-state index in [1.165, 1.54) is 0 Å². The minimum absolute atomic E-state index is 0.218. The lowest BCUT2D eigenvalue weighted by Crippen LogP contribution is -1.97. The molecule has 5 heteroatoms. The van der Waals surface area contributed by atoms with Crippen LogP contribution in [0.15, 0.2) is 66.2 Å². The van der Waals surface area contributed by atoms with Gasteiger partial charge in [0, 0.05) is 5.56 Å². The normalized spacial score (nSPS) is 16.4. The first-order valence-electron chi connectivity index (χ1n) is 8.83. The van der Waals surface area contributed by atoms with Crippen LogP contribution in [0.2, 0.25) is 0 Å². The van der Waals surface area contributed by atoms with Crippen LogP contribution in [0.25, 0.3) is 22.6 Å². The van der Waals surface area contributed by atoms with Gasteiger partial charge in [-0.3, -0.25) is 0 Å². The minimum Gasteiger partial charge on any atom is -0.497 e. The highest BCUT2D eigenvalue weighted by atomic mass is 16.7. The summed E-state index contributed by atoms with van der Waals surface area (Å²) in [5.41, 5.74) is 2.18. The molecule has 0 saturated carbocycles. The molecular weight excluding hydrogens is 356 g/mol. The maximum Gasteiger partial charge on any atom is 0.343 e. The van der Waals surface area contributed by atoms with Crippen LogP contribution in [0.5, 0.6) is 17.2 Å². The zero-order valence-electron chi connectivity index (χ0n) is 15.1. The van der Waals surface area contributed by atoms with Crippen LogP contribution >= 0.6 is 0 Å². The Kier molecular flexibility index (Phi) is 3.79. The van der Waals surface area contributed by atoms with Crippen molar-refractivity contribution in [3.8, 4) is 17.2 Å². The molecule has 2 aliphatic heterocycles. The lowest BCUT2D eigenvalue weighted by molar-refractivity contribution is -0.130.